The third kappa shape index (κ3) is 4.76. The number of nitrogens with zero attached hydrogens (tertiary/aromatic N) is 1. The molecule has 108 valence electrons. The van der Waals surface area contributed by atoms with Gasteiger partial charge in [-0.3, -0.25) is 4.79 Å². The van der Waals surface area contributed by atoms with Crippen LogP contribution in [0.5, 0.6) is 0 Å². The van der Waals surface area contributed by atoms with Gasteiger partial charge in [-0.25, -0.2) is 0 Å². The summed E-state index contributed by atoms with van der Waals surface area (Å²) in [4.78, 5) is 13.5. The number of hydrogen-bond donors (Lipinski definition) is 1. The molecule has 4 heteroatoms. The molecule has 1 fully saturated rings. The van der Waals surface area contributed by atoms with Gasteiger partial charge in [0.2, 0.25) is 5.91 Å². The molecule has 1 aromatic carbocycles. The number of benzene rings is 1. The van der Waals surface area contributed by atoms with Gasteiger partial charge in [-0.05, 0) is 50.0 Å². The Balaban J connectivity index is 1.69. The van der Waals surface area contributed by atoms with Gasteiger partial charge in [-0.2, -0.15) is 0 Å². The van der Waals surface area contributed by atoms with Crippen molar-refractivity contribution >= 4 is 27.9 Å². The quantitative estimate of drug-likeness (QED) is 0.898. The summed E-state index contributed by atoms with van der Waals surface area (Å²) in [5.41, 5.74) is 6.56. The van der Waals surface area contributed by atoms with Crippen LogP contribution in [0.2, 0.25) is 0 Å². The zero-order chi connectivity index (χ0) is 14.4. The Morgan fingerprint density at radius 1 is 1.30 bits per heavy atom. The first kappa shape index (κ1) is 15.3. The van der Waals surface area contributed by atoms with E-state index in [0.717, 1.165) is 43.4 Å². The Bertz CT molecular complexity index is 462. The number of hydrogen-bond acceptors (Lipinski definition) is 2. The molecule has 2 N–H and O–H groups in total. The Morgan fingerprint density at radius 3 is 2.55 bits per heavy atom. The Morgan fingerprint density at radius 2 is 1.95 bits per heavy atom. The number of carbonyl (C=O) groups excluding carboxylic acids is 1. The van der Waals surface area contributed by atoms with E-state index < -0.39 is 0 Å². The molecule has 20 heavy (non-hydrogen) atoms. The van der Waals surface area contributed by atoms with Crippen molar-refractivity contribution in [1.29, 1.82) is 0 Å². The molecule has 0 aliphatic carbocycles. The molecular formula is C16H21BrN2O. The average Bonchev–Trinajstić information content (AvgIpc) is 2.46. The van der Waals surface area contributed by atoms with Crippen molar-refractivity contribution in [2.45, 2.75) is 19.3 Å². The smallest absolute Gasteiger partial charge is 0.220 e. The number of halogens is 1. The summed E-state index contributed by atoms with van der Waals surface area (Å²) in [6, 6.07) is 8.29. The number of rotatable bonds is 5. The summed E-state index contributed by atoms with van der Waals surface area (Å²) in [7, 11) is 0. The van der Waals surface area contributed by atoms with Crippen LogP contribution < -0.4 is 5.73 Å². The fourth-order valence-electron chi connectivity index (χ4n) is 2.49. The van der Waals surface area contributed by atoms with E-state index >= 15 is 0 Å². The second kappa shape index (κ2) is 7.60. The van der Waals surface area contributed by atoms with Gasteiger partial charge in [0.1, 0.15) is 0 Å². The molecule has 0 radical (unpaired) electrons. The number of amides is 1. The van der Waals surface area contributed by atoms with Gasteiger partial charge in [0.25, 0.3) is 0 Å². The second-order valence-corrected chi connectivity index (χ2v) is 6.18. The Hall–Kier alpha value is -1.13. The molecule has 3 nitrogen and oxygen atoms in total. The maximum absolute atomic E-state index is 11.1. The van der Waals surface area contributed by atoms with E-state index in [1.54, 1.807) is 0 Å². The summed E-state index contributed by atoms with van der Waals surface area (Å²) in [6.45, 7) is 3.03. The van der Waals surface area contributed by atoms with Crippen LogP contribution >= 0.6 is 15.9 Å². The molecule has 0 unspecified atom stereocenters. The lowest BCUT2D eigenvalue weighted by Crippen LogP contribution is -2.38. The third-order valence-corrected chi connectivity index (χ3v) is 4.31. The highest BCUT2D eigenvalue weighted by Gasteiger charge is 2.22. The largest absolute Gasteiger partial charge is 0.369 e. The standard InChI is InChI=1S/C16H21BrN2O/c17-15-6-4-13(5-7-15)3-1-2-10-19-11-8-14(9-12-19)16(18)20/h1,3-7,14H,2,8-12H2,(H2,18,20)/b3-1+. The number of primary amides is 1. The molecule has 1 aliphatic heterocycles. The molecule has 1 saturated heterocycles. The van der Waals surface area contributed by atoms with Gasteiger partial charge in [0, 0.05) is 16.9 Å². The zero-order valence-electron chi connectivity index (χ0n) is 11.6. The second-order valence-electron chi connectivity index (χ2n) is 5.26. The van der Waals surface area contributed by atoms with E-state index in [0.29, 0.717) is 0 Å². The maximum Gasteiger partial charge on any atom is 0.220 e. The van der Waals surface area contributed by atoms with Crippen molar-refractivity contribution in [3.05, 3.63) is 40.4 Å². The fraction of sp³-hybridized carbons (Fsp3) is 0.438. The molecular weight excluding hydrogens is 316 g/mol. The van der Waals surface area contributed by atoms with E-state index in [9.17, 15) is 4.79 Å². The minimum Gasteiger partial charge on any atom is -0.369 e. The molecule has 1 heterocycles. The summed E-state index contributed by atoms with van der Waals surface area (Å²) in [5, 5.41) is 0. The lowest BCUT2D eigenvalue weighted by Gasteiger charge is -2.30. The fourth-order valence-corrected chi connectivity index (χ4v) is 2.76. The van der Waals surface area contributed by atoms with Crippen LogP contribution in [0.15, 0.2) is 34.8 Å². The van der Waals surface area contributed by atoms with Crippen LogP contribution in [0, 0.1) is 5.92 Å². The van der Waals surface area contributed by atoms with Crippen molar-refractivity contribution in [1.82, 2.24) is 4.90 Å². The summed E-state index contributed by atoms with van der Waals surface area (Å²) >= 11 is 3.43. The zero-order valence-corrected chi connectivity index (χ0v) is 13.2. The molecule has 0 aromatic heterocycles. The van der Waals surface area contributed by atoms with E-state index in [1.165, 1.54) is 5.56 Å². The van der Waals surface area contributed by atoms with Gasteiger partial charge in [0.15, 0.2) is 0 Å². The molecule has 1 aromatic rings. The Kier molecular flexibility index (Phi) is 5.80. The molecule has 2 rings (SSSR count). The highest BCUT2D eigenvalue weighted by atomic mass is 79.9. The number of nitrogens with two attached hydrogens (primary N) is 1. The van der Waals surface area contributed by atoms with Crippen molar-refractivity contribution in [3.63, 3.8) is 0 Å². The predicted octanol–water partition coefficient (Wildman–Crippen LogP) is 3.05. The lowest BCUT2D eigenvalue weighted by atomic mass is 9.96. The highest BCUT2D eigenvalue weighted by Crippen LogP contribution is 2.17. The SMILES string of the molecule is NC(=O)C1CCN(CC/C=C/c2ccc(Br)cc2)CC1. The van der Waals surface area contributed by atoms with Gasteiger partial charge >= 0.3 is 0 Å². The van der Waals surface area contributed by atoms with Crippen LogP contribution in [0.1, 0.15) is 24.8 Å². The van der Waals surface area contributed by atoms with E-state index in [4.69, 9.17) is 5.73 Å². The highest BCUT2D eigenvalue weighted by molar-refractivity contribution is 9.10. The van der Waals surface area contributed by atoms with Crippen LogP contribution in [-0.2, 0) is 4.79 Å². The predicted molar refractivity (Wildman–Crippen MR) is 86.2 cm³/mol. The van der Waals surface area contributed by atoms with Crippen molar-refractivity contribution in [2.75, 3.05) is 19.6 Å². The van der Waals surface area contributed by atoms with Gasteiger partial charge in [0.05, 0.1) is 0 Å². The molecule has 0 bridgehead atoms. The molecule has 0 spiro atoms. The van der Waals surface area contributed by atoms with Crippen molar-refractivity contribution in [3.8, 4) is 0 Å². The Labute approximate surface area is 129 Å². The van der Waals surface area contributed by atoms with Crippen LogP contribution in [0.4, 0.5) is 0 Å². The van der Waals surface area contributed by atoms with Crippen LogP contribution in [0.25, 0.3) is 6.08 Å². The minimum atomic E-state index is -0.139. The molecule has 0 atom stereocenters. The minimum absolute atomic E-state index is 0.0876. The summed E-state index contributed by atoms with van der Waals surface area (Å²) in [5.74, 6) is -0.0515. The first-order chi connectivity index (χ1) is 9.65. The molecule has 0 saturated carbocycles. The third-order valence-electron chi connectivity index (χ3n) is 3.78. The van der Waals surface area contributed by atoms with Crippen molar-refractivity contribution < 1.29 is 4.79 Å². The van der Waals surface area contributed by atoms with E-state index in [-0.39, 0.29) is 11.8 Å². The molecule has 1 amide bonds. The van der Waals surface area contributed by atoms with Crippen molar-refractivity contribution in [2.24, 2.45) is 11.7 Å². The number of likely N-dealkylation sites (tertiary alicyclic amines) is 1. The van der Waals surface area contributed by atoms with E-state index in [1.807, 2.05) is 12.1 Å². The van der Waals surface area contributed by atoms with Crippen LogP contribution in [-0.4, -0.2) is 30.4 Å². The summed E-state index contributed by atoms with van der Waals surface area (Å²) in [6.07, 6.45) is 7.22. The summed E-state index contributed by atoms with van der Waals surface area (Å²) < 4.78 is 1.10. The van der Waals surface area contributed by atoms with Gasteiger partial charge < -0.3 is 10.6 Å². The number of carbonyl (C=O) groups is 1. The monoisotopic (exact) mass is 336 g/mol. The van der Waals surface area contributed by atoms with Gasteiger partial charge in [-0.1, -0.05) is 40.2 Å². The topological polar surface area (TPSA) is 46.3 Å². The first-order valence-corrected chi connectivity index (χ1v) is 7.88. The van der Waals surface area contributed by atoms with Crippen LogP contribution in [0.3, 0.4) is 0 Å². The normalized spacial score (nSPS) is 17.6. The maximum atomic E-state index is 11.1. The lowest BCUT2D eigenvalue weighted by molar-refractivity contribution is -0.123. The molecule has 1 aliphatic rings. The van der Waals surface area contributed by atoms with Gasteiger partial charge in [-0.15, -0.1) is 0 Å². The first-order valence-electron chi connectivity index (χ1n) is 7.09. The average molecular weight is 337 g/mol. The number of piperidine rings is 1. The van der Waals surface area contributed by atoms with E-state index in [2.05, 4.69) is 45.1 Å².